The van der Waals surface area contributed by atoms with Crippen molar-refractivity contribution >= 4 is 17.5 Å². The quantitative estimate of drug-likeness (QED) is 0.448. The Morgan fingerprint density at radius 2 is 2.06 bits per heavy atom. The summed E-state index contributed by atoms with van der Waals surface area (Å²) in [6.07, 6.45) is 1.06. The molecule has 2 fully saturated rings. The van der Waals surface area contributed by atoms with E-state index in [2.05, 4.69) is 11.5 Å². The third-order valence-electron chi connectivity index (χ3n) is 2.76. The summed E-state index contributed by atoms with van der Waals surface area (Å²) in [5.41, 5.74) is 5.58. The van der Waals surface area contributed by atoms with Gasteiger partial charge in [0.05, 0.1) is 31.8 Å². The van der Waals surface area contributed by atoms with E-state index in [1.165, 1.54) is 0 Å². The van der Waals surface area contributed by atoms with Crippen LogP contribution in [0, 0.1) is 0 Å². The van der Waals surface area contributed by atoms with Crippen LogP contribution in [0.1, 0.15) is 6.42 Å². The Hall–Kier alpha value is -0.620. The van der Waals surface area contributed by atoms with Gasteiger partial charge in [0.25, 0.3) is 0 Å². The minimum atomic E-state index is -0.395. The first kappa shape index (κ1) is 15.4. The largest absolute Gasteiger partial charge is 0.379 e. The molecule has 2 heterocycles. The first-order valence-electron chi connectivity index (χ1n) is 6.08. The smallest absolute Gasteiger partial charge is 0.244 e. The van der Waals surface area contributed by atoms with Gasteiger partial charge in [0, 0.05) is 25.2 Å². The van der Waals surface area contributed by atoms with Gasteiger partial charge in [0.2, 0.25) is 5.91 Å². The molecule has 6 heteroatoms. The summed E-state index contributed by atoms with van der Waals surface area (Å²) in [5, 5.41) is 0. The second-order valence-electron chi connectivity index (χ2n) is 4.28. The van der Waals surface area contributed by atoms with Crippen LogP contribution in [0.5, 0.6) is 0 Å². The fraction of sp³-hybridized carbons (Fsp3) is 0.750. The highest BCUT2D eigenvalue weighted by atomic mass is 35.5. The molecule has 1 unspecified atom stereocenters. The Balaban J connectivity index is 0.000000269. The highest BCUT2D eigenvalue weighted by molar-refractivity contribution is 6.18. The number of primary amides is 1. The second-order valence-corrected chi connectivity index (χ2v) is 4.59. The topological polar surface area (TPSA) is 68.1 Å². The molecule has 2 saturated heterocycles. The maximum Gasteiger partial charge on any atom is 0.244 e. The van der Waals surface area contributed by atoms with Crippen molar-refractivity contribution in [3.63, 3.8) is 0 Å². The van der Waals surface area contributed by atoms with E-state index in [4.69, 9.17) is 26.8 Å². The molecule has 0 radical (unpaired) electrons. The zero-order valence-corrected chi connectivity index (χ0v) is 11.3. The number of epoxide rings is 1. The summed E-state index contributed by atoms with van der Waals surface area (Å²) in [4.78, 5) is 12.9. The summed E-state index contributed by atoms with van der Waals surface area (Å²) in [7, 11) is 0. The number of hydrogen-bond donors (Lipinski definition) is 1. The molecule has 0 aromatic rings. The van der Waals surface area contributed by atoms with Gasteiger partial charge in [-0.05, 0) is 6.42 Å². The predicted octanol–water partition coefficient (Wildman–Crippen LogP) is 0.374. The van der Waals surface area contributed by atoms with Gasteiger partial charge in [-0.25, -0.2) is 0 Å². The maximum atomic E-state index is 10.7. The average molecular weight is 277 g/mol. The number of alkyl halides is 1. The zero-order valence-electron chi connectivity index (χ0n) is 10.6. The number of halogens is 1. The molecular formula is C12H21ClN2O3. The molecule has 1 amide bonds. The molecule has 2 aliphatic heterocycles. The average Bonchev–Trinajstić information content (AvgIpc) is 3.21. The van der Waals surface area contributed by atoms with E-state index < -0.39 is 5.91 Å². The minimum absolute atomic E-state index is 0.395. The molecule has 104 valence electrons. The standard InChI is InChI=1S/C9H16N2O2.C3H5ClO/c1-8(9(10)12)2-3-11-4-6-13-7-5-11;4-1-3-2-5-3/h1-7H2,(H2,10,12);3H,1-2H2. The van der Waals surface area contributed by atoms with Crippen molar-refractivity contribution in [1.82, 2.24) is 4.90 Å². The number of carbonyl (C=O) groups excluding carboxylic acids is 1. The Morgan fingerprint density at radius 1 is 1.44 bits per heavy atom. The van der Waals surface area contributed by atoms with Crippen LogP contribution in [0.3, 0.4) is 0 Å². The first-order valence-corrected chi connectivity index (χ1v) is 6.62. The SMILES string of the molecule is C=C(CCN1CCOCC1)C(N)=O.ClCC1CO1. The lowest BCUT2D eigenvalue weighted by Gasteiger charge is -2.26. The molecule has 2 N–H and O–H groups in total. The first-order chi connectivity index (χ1) is 8.63. The Kier molecular flexibility index (Phi) is 7.27. The van der Waals surface area contributed by atoms with Crippen LogP contribution in [0.15, 0.2) is 12.2 Å². The highest BCUT2D eigenvalue weighted by Gasteiger charge is 2.19. The molecule has 0 aliphatic carbocycles. The highest BCUT2D eigenvalue weighted by Crippen LogP contribution is 2.08. The number of nitrogens with two attached hydrogens (primary N) is 1. The molecule has 5 nitrogen and oxygen atoms in total. The third kappa shape index (κ3) is 6.96. The lowest BCUT2D eigenvalue weighted by molar-refractivity contribution is -0.114. The van der Waals surface area contributed by atoms with Crippen LogP contribution in [0.25, 0.3) is 0 Å². The molecule has 0 saturated carbocycles. The fourth-order valence-electron chi connectivity index (χ4n) is 1.40. The number of amides is 1. The zero-order chi connectivity index (χ0) is 13.4. The van der Waals surface area contributed by atoms with Gasteiger partial charge < -0.3 is 15.2 Å². The van der Waals surface area contributed by atoms with Crippen LogP contribution in [-0.4, -0.2) is 62.2 Å². The molecule has 1 atom stereocenters. The number of carbonyl (C=O) groups is 1. The van der Waals surface area contributed by atoms with Crippen LogP contribution in [0.4, 0.5) is 0 Å². The van der Waals surface area contributed by atoms with E-state index in [9.17, 15) is 4.79 Å². The maximum absolute atomic E-state index is 10.7. The van der Waals surface area contributed by atoms with Gasteiger partial charge >= 0.3 is 0 Å². The molecule has 2 rings (SSSR count). The van der Waals surface area contributed by atoms with Crippen molar-refractivity contribution in [1.29, 1.82) is 0 Å². The van der Waals surface area contributed by atoms with Gasteiger partial charge in [-0.3, -0.25) is 9.69 Å². The third-order valence-corrected chi connectivity index (χ3v) is 3.10. The van der Waals surface area contributed by atoms with Crippen LogP contribution in [-0.2, 0) is 14.3 Å². The number of ether oxygens (including phenoxy) is 2. The number of rotatable bonds is 5. The second kappa shape index (κ2) is 8.48. The van der Waals surface area contributed by atoms with Crippen LogP contribution in [0.2, 0.25) is 0 Å². The van der Waals surface area contributed by atoms with Gasteiger partial charge in [-0.1, -0.05) is 6.58 Å². The monoisotopic (exact) mass is 276 g/mol. The number of morpholine rings is 1. The molecule has 0 bridgehead atoms. The number of hydrogen-bond acceptors (Lipinski definition) is 4. The van der Waals surface area contributed by atoms with Gasteiger partial charge in [0.1, 0.15) is 0 Å². The Labute approximate surface area is 113 Å². The molecule has 0 aromatic heterocycles. The van der Waals surface area contributed by atoms with Crippen LogP contribution < -0.4 is 5.73 Å². The van der Waals surface area contributed by atoms with Gasteiger partial charge in [0.15, 0.2) is 0 Å². The van der Waals surface area contributed by atoms with E-state index in [0.29, 0.717) is 24.0 Å². The molecule has 18 heavy (non-hydrogen) atoms. The Morgan fingerprint density at radius 3 is 2.44 bits per heavy atom. The van der Waals surface area contributed by atoms with E-state index in [0.717, 1.165) is 39.5 Å². The Bertz CT molecular complexity index is 276. The number of nitrogens with zero attached hydrogens (tertiary/aromatic N) is 1. The fourth-order valence-corrected chi connectivity index (χ4v) is 1.58. The summed E-state index contributed by atoms with van der Waals surface area (Å²) >= 11 is 5.27. The van der Waals surface area contributed by atoms with Crippen molar-refractivity contribution in [3.05, 3.63) is 12.2 Å². The van der Waals surface area contributed by atoms with Crippen molar-refractivity contribution < 1.29 is 14.3 Å². The lowest BCUT2D eigenvalue weighted by Crippen LogP contribution is -2.37. The van der Waals surface area contributed by atoms with E-state index in [-0.39, 0.29) is 0 Å². The van der Waals surface area contributed by atoms with E-state index >= 15 is 0 Å². The van der Waals surface area contributed by atoms with Crippen molar-refractivity contribution in [2.24, 2.45) is 5.73 Å². The minimum Gasteiger partial charge on any atom is -0.379 e. The molecular weight excluding hydrogens is 256 g/mol. The van der Waals surface area contributed by atoms with Crippen molar-refractivity contribution in [3.8, 4) is 0 Å². The van der Waals surface area contributed by atoms with Crippen LogP contribution >= 0.6 is 11.6 Å². The summed E-state index contributed by atoms with van der Waals surface area (Å²) in [5.74, 6) is 0.272. The summed E-state index contributed by atoms with van der Waals surface area (Å²) in [6, 6.07) is 0. The van der Waals surface area contributed by atoms with Gasteiger partial charge in [-0.2, -0.15) is 0 Å². The summed E-state index contributed by atoms with van der Waals surface area (Å²) in [6.45, 7) is 8.77. The summed E-state index contributed by atoms with van der Waals surface area (Å²) < 4.78 is 9.92. The molecule has 0 aromatic carbocycles. The van der Waals surface area contributed by atoms with E-state index in [1.54, 1.807) is 0 Å². The van der Waals surface area contributed by atoms with E-state index in [1.807, 2.05) is 0 Å². The van der Waals surface area contributed by atoms with Crippen molar-refractivity contribution in [2.75, 3.05) is 45.3 Å². The normalized spacial score (nSPS) is 22.8. The van der Waals surface area contributed by atoms with Gasteiger partial charge in [-0.15, -0.1) is 11.6 Å². The molecule has 0 spiro atoms. The lowest BCUT2D eigenvalue weighted by atomic mass is 10.2. The predicted molar refractivity (Wildman–Crippen MR) is 70.7 cm³/mol. The molecule has 2 aliphatic rings. The van der Waals surface area contributed by atoms with Crippen molar-refractivity contribution in [2.45, 2.75) is 12.5 Å².